The number of benzene rings is 1. The number of anilines is 1. The minimum absolute atomic E-state index is 0.223. The molecular weight excluding hydrogens is 150 g/mol. The minimum atomic E-state index is 0.223. The van der Waals surface area contributed by atoms with E-state index in [-0.39, 0.29) is 12.5 Å². The summed E-state index contributed by atoms with van der Waals surface area (Å²) in [4.78, 5) is 0. The molecule has 1 aliphatic carbocycles. The van der Waals surface area contributed by atoms with Crippen LogP contribution in [0.5, 0.6) is 0 Å². The van der Waals surface area contributed by atoms with Gasteiger partial charge >= 0.3 is 0 Å². The third-order valence-electron chi connectivity index (χ3n) is 2.62. The van der Waals surface area contributed by atoms with Gasteiger partial charge in [-0.3, -0.25) is 0 Å². The molecule has 3 N–H and O–H groups in total. The first kappa shape index (κ1) is 7.62. The normalized spacial score (nSPS) is 20.9. The molecule has 0 aromatic heterocycles. The highest BCUT2D eigenvalue weighted by atomic mass is 16.3. The zero-order chi connectivity index (χ0) is 8.55. The quantitative estimate of drug-likeness (QED) is 0.613. The van der Waals surface area contributed by atoms with Gasteiger partial charge in [-0.1, -0.05) is 12.1 Å². The molecule has 1 aliphatic rings. The Morgan fingerprint density at radius 2 is 2.33 bits per heavy atom. The molecule has 12 heavy (non-hydrogen) atoms. The molecule has 1 unspecified atom stereocenters. The van der Waals surface area contributed by atoms with E-state index in [1.807, 2.05) is 12.1 Å². The monoisotopic (exact) mass is 163 g/mol. The van der Waals surface area contributed by atoms with Gasteiger partial charge in [0.25, 0.3) is 0 Å². The third kappa shape index (κ3) is 0.994. The molecule has 2 nitrogen and oxygen atoms in total. The van der Waals surface area contributed by atoms with Crippen LogP contribution in [0.4, 0.5) is 5.69 Å². The fourth-order valence-corrected chi connectivity index (χ4v) is 2.01. The Labute approximate surface area is 72.0 Å². The van der Waals surface area contributed by atoms with Crippen LogP contribution in [0, 0.1) is 0 Å². The fourth-order valence-electron chi connectivity index (χ4n) is 2.01. The second kappa shape index (κ2) is 2.79. The molecule has 0 radical (unpaired) electrons. The molecular formula is C10H13NO. The zero-order valence-corrected chi connectivity index (χ0v) is 6.96. The lowest BCUT2D eigenvalue weighted by Gasteiger charge is -2.09. The third-order valence-corrected chi connectivity index (χ3v) is 2.62. The van der Waals surface area contributed by atoms with E-state index < -0.39 is 0 Å². The average molecular weight is 163 g/mol. The summed E-state index contributed by atoms with van der Waals surface area (Å²) < 4.78 is 0. The van der Waals surface area contributed by atoms with Gasteiger partial charge in [-0.05, 0) is 30.0 Å². The molecule has 0 spiro atoms. The molecule has 0 aliphatic heterocycles. The highest BCUT2D eigenvalue weighted by Gasteiger charge is 2.23. The Morgan fingerprint density at radius 1 is 1.50 bits per heavy atom. The Hall–Kier alpha value is -1.02. The lowest BCUT2D eigenvalue weighted by molar-refractivity contribution is 0.265. The van der Waals surface area contributed by atoms with Gasteiger partial charge in [0.05, 0.1) is 6.61 Å². The summed E-state index contributed by atoms with van der Waals surface area (Å²) in [5, 5.41) is 9.08. The van der Waals surface area contributed by atoms with E-state index in [0.29, 0.717) is 0 Å². The van der Waals surface area contributed by atoms with Crippen LogP contribution < -0.4 is 5.73 Å². The Balaban J connectivity index is 2.48. The lowest BCUT2D eigenvalue weighted by Crippen LogP contribution is -2.02. The van der Waals surface area contributed by atoms with Crippen LogP contribution >= 0.6 is 0 Å². The second-order valence-corrected chi connectivity index (χ2v) is 3.34. The van der Waals surface area contributed by atoms with Crippen LogP contribution in [0.1, 0.15) is 23.5 Å². The molecule has 1 atom stereocenters. The predicted octanol–water partition coefficient (Wildman–Crippen LogP) is 1.29. The predicted molar refractivity (Wildman–Crippen MR) is 49.0 cm³/mol. The van der Waals surface area contributed by atoms with Crippen molar-refractivity contribution in [2.45, 2.75) is 18.8 Å². The summed E-state index contributed by atoms with van der Waals surface area (Å²) in [7, 11) is 0. The van der Waals surface area contributed by atoms with Crippen LogP contribution in [-0.2, 0) is 6.42 Å². The molecule has 64 valence electrons. The van der Waals surface area contributed by atoms with Crippen molar-refractivity contribution in [1.29, 1.82) is 0 Å². The smallest absolute Gasteiger partial charge is 0.0500 e. The van der Waals surface area contributed by atoms with Crippen LogP contribution in [0.2, 0.25) is 0 Å². The molecule has 0 saturated heterocycles. The van der Waals surface area contributed by atoms with E-state index >= 15 is 0 Å². The van der Waals surface area contributed by atoms with Crippen molar-refractivity contribution in [3.8, 4) is 0 Å². The first-order chi connectivity index (χ1) is 5.83. The van der Waals surface area contributed by atoms with E-state index in [2.05, 4.69) is 6.07 Å². The molecule has 0 bridgehead atoms. The van der Waals surface area contributed by atoms with Gasteiger partial charge in [0.1, 0.15) is 0 Å². The molecule has 0 fully saturated rings. The van der Waals surface area contributed by atoms with Gasteiger partial charge < -0.3 is 10.8 Å². The van der Waals surface area contributed by atoms with Gasteiger partial charge in [0.2, 0.25) is 0 Å². The summed E-state index contributed by atoms with van der Waals surface area (Å²) in [5.74, 6) is 0.279. The first-order valence-corrected chi connectivity index (χ1v) is 4.31. The molecule has 0 saturated carbocycles. The van der Waals surface area contributed by atoms with Crippen LogP contribution in [0.15, 0.2) is 18.2 Å². The highest BCUT2D eigenvalue weighted by molar-refractivity contribution is 5.55. The Bertz CT molecular complexity index is 296. The maximum absolute atomic E-state index is 9.08. The molecule has 1 aromatic carbocycles. The standard InChI is InChI=1S/C10H13NO/c11-9-3-1-2-7-4-5-8(6-12)10(7)9/h1-3,8,12H,4-6,11H2. The van der Waals surface area contributed by atoms with Crippen molar-refractivity contribution in [3.63, 3.8) is 0 Å². The van der Waals surface area contributed by atoms with Gasteiger partial charge in [-0.15, -0.1) is 0 Å². The largest absolute Gasteiger partial charge is 0.398 e. The number of fused-ring (bicyclic) bond motifs is 1. The molecule has 1 aromatic rings. The average Bonchev–Trinajstić information content (AvgIpc) is 2.49. The molecule has 2 heteroatoms. The SMILES string of the molecule is Nc1cccc2c1C(CO)CC2. The number of hydrogen-bond acceptors (Lipinski definition) is 2. The second-order valence-electron chi connectivity index (χ2n) is 3.34. The summed E-state index contributed by atoms with van der Waals surface area (Å²) >= 11 is 0. The van der Waals surface area contributed by atoms with E-state index in [0.717, 1.165) is 18.5 Å². The van der Waals surface area contributed by atoms with Gasteiger partial charge in [-0.25, -0.2) is 0 Å². The van der Waals surface area contributed by atoms with Gasteiger partial charge in [-0.2, -0.15) is 0 Å². The van der Waals surface area contributed by atoms with Crippen molar-refractivity contribution in [2.24, 2.45) is 0 Å². The Morgan fingerprint density at radius 3 is 3.08 bits per heavy atom. The molecule has 0 amide bonds. The summed E-state index contributed by atoms with van der Waals surface area (Å²) in [6.45, 7) is 0.223. The summed E-state index contributed by atoms with van der Waals surface area (Å²) in [6, 6.07) is 5.99. The van der Waals surface area contributed by atoms with Crippen molar-refractivity contribution in [3.05, 3.63) is 29.3 Å². The minimum Gasteiger partial charge on any atom is -0.398 e. The van der Waals surface area contributed by atoms with Crippen LogP contribution in [-0.4, -0.2) is 11.7 Å². The maximum Gasteiger partial charge on any atom is 0.0500 e. The van der Waals surface area contributed by atoms with Crippen LogP contribution in [0.3, 0.4) is 0 Å². The topological polar surface area (TPSA) is 46.2 Å². The number of nitrogens with two attached hydrogens (primary N) is 1. The molecule has 0 heterocycles. The Kier molecular flexibility index (Phi) is 1.77. The maximum atomic E-state index is 9.08. The fraction of sp³-hybridized carbons (Fsp3) is 0.400. The number of hydrogen-bond donors (Lipinski definition) is 2. The number of aliphatic hydroxyl groups is 1. The first-order valence-electron chi connectivity index (χ1n) is 4.31. The molecule has 2 rings (SSSR count). The number of nitrogen functional groups attached to an aromatic ring is 1. The van der Waals surface area contributed by atoms with Crippen molar-refractivity contribution in [1.82, 2.24) is 0 Å². The highest BCUT2D eigenvalue weighted by Crippen LogP contribution is 2.36. The van der Waals surface area contributed by atoms with Crippen molar-refractivity contribution < 1.29 is 5.11 Å². The number of aliphatic hydroxyl groups excluding tert-OH is 1. The van der Waals surface area contributed by atoms with E-state index in [9.17, 15) is 0 Å². The van der Waals surface area contributed by atoms with E-state index in [4.69, 9.17) is 10.8 Å². The van der Waals surface area contributed by atoms with Crippen molar-refractivity contribution in [2.75, 3.05) is 12.3 Å². The lowest BCUT2D eigenvalue weighted by atomic mass is 10.0. The van der Waals surface area contributed by atoms with Gasteiger partial charge in [0.15, 0.2) is 0 Å². The number of aryl methyl sites for hydroxylation is 1. The number of rotatable bonds is 1. The van der Waals surface area contributed by atoms with E-state index in [1.165, 1.54) is 11.1 Å². The van der Waals surface area contributed by atoms with Crippen molar-refractivity contribution >= 4 is 5.69 Å². The van der Waals surface area contributed by atoms with Crippen LogP contribution in [0.25, 0.3) is 0 Å². The van der Waals surface area contributed by atoms with Gasteiger partial charge in [0, 0.05) is 11.6 Å². The summed E-state index contributed by atoms with van der Waals surface area (Å²) in [5.41, 5.74) is 9.16. The zero-order valence-electron chi connectivity index (χ0n) is 6.96. The summed E-state index contributed by atoms with van der Waals surface area (Å²) in [6.07, 6.45) is 2.10. The van der Waals surface area contributed by atoms with E-state index in [1.54, 1.807) is 0 Å².